The summed E-state index contributed by atoms with van der Waals surface area (Å²) in [6.07, 6.45) is 1.15. The predicted octanol–water partition coefficient (Wildman–Crippen LogP) is 6.92. The van der Waals surface area contributed by atoms with Gasteiger partial charge in [-0.05, 0) is 60.5 Å². The molecule has 4 aromatic carbocycles. The Labute approximate surface area is 278 Å². The van der Waals surface area contributed by atoms with Gasteiger partial charge in [0.25, 0.3) is 17.7 Å². The predicted molar refractivity (Wildman–Crippen MR) is 183 cm³/mol. The van der Waals surface area contributed by atoms with E-state index in [9.17, 15) is 14.4 Å². The van der Waals surface area contributed by atoms with E-state index in [1.165, 1.54) is 11.0 Å². The van der Waals surface area contributed by atoms with Crippen LogP contribution in [0.5, 0.6) is 0 Å². The molecule has 1 fully saturated rings. The van der Waals surface area contributed by atoms with Crippen LogP contribution in [-0.2, 0) is 4.79 Å². The van der Waals surface area contributed by atoms with E-state index < -0.39 is 24.2 Å². The number of alkyl halides is 2. The maximum absolute atomic E-state index is 15.7. The number of benzene rings is 4. The zero-order chi connectivity index (χ0) is 32.1. The van der Waals surface area contributed by atoms with Gasteiger partial charge in [0.1, 0.15) is 0 Å². The lowest BCUT2D eigenvalue weighted by Gasteiger charge is -2.23. The normalized spacial score (nSPS) is 16.7. The number of hydrogen-bond acceptors (Lipinski definition) is 4. The van der Waals surface area contributed by atoms with Crippen LogP contribution < -0.4 is 15.5 Å². The quantitative estimate of drug-likeness (QED) is 0.229. The molecule has 0 aliphatic carbocycles. The van der Waals surface area contributed by atoms with Crippen LogP contribution in [0.15, 0.2) is 109 Å². The van der Waals surface area contributed by atoms with E-state index in [1.807, 2.05) is 42.5 Å². The zero-order valence-corrected chi connectivity index (χ0v) is 26.4. The molecule has 2 aliphatic rings. The third-order valence-electron chi connectivity index (χ3n) is 8.34. The first-order valence-electron chi connectivity index (χ1n) is 15.4. The Morgan fingerprint density at radius 3 is 2.21 bits per heavy atom. The Morgan fingerprint density at radius 2 is 1.45 bits per heavy atom. The Morgan fingerprint density at radius 1 is 0.766 bits per heavy atom. The van der Waals surface area contributed by atoms with Crippen LogP contribution in [0.25, 0.3) is 16.7 Å². The third kappa shape index (κ3) is 7.42. The topological polar surface area (TPSA) is 81.8 Å². The molecule has 6 rings (SSSR count). The van der Waals surface area contributed by atoms with Gasteiger partial charge in [-0.3, -0.25) is 14.4 Å². The molecule has 3 amide bonds. The van der Waals surface area contributed by atoms with Crippen molar-refractivity contribution < 1.29 is 23.2 Å². The van der Waals surface area contributed by atoms with Crippen LogP contribution in [0.1, 0.15) is 39.1 Å². The fraction of sp³-hybridized carbons (Fsp3) is 0.216. The first-order chi connectivity index (χ1) is 22.3. The molecule has 0 spiro atoms. The number of para-hydroxylation sites is 1. The number of carbonyl (C=O) groups excluding carboxylic acids is 3. The number of amides is 3. The molecule has 7 nitrogen and oxygen atoms in total. The fourth-order valence-electron chi connectivity index (χ4n) is 5.92. The molecule has 2 aliphatic heterocycles. The smallest absolute Gasteiger partial charge is 0.275 e. The average Bonchev–Trinajstić information content (AvgIpc) is 3.43. The number of anilines is 2. The summed E-state index contributed by atoms with van der Waals surface area (Å²) in [5, 5.41) is 6.11. The number of allylic oxidation sites excluding steroid dienone is 1. The van der Waals surface area contributed by atoms with E-state index in [0.717, 1.165) is 30.2 Å². The highest BCUT2D eigenvalue weighted by molar-refractivity contribution is 6.11. The number of carbonyl (C=O) groups is 3. The van der Waals surface area contributed by atoms with Crippen molar-refractivity contribution in [1.82, 2.24) is 10.2 Å². The van der Waals surface area contributed by atoms with Gasteiger partial charge in [-0.2, -0.15) is 0 Å². The molecule has 0 bridgehead atoms. The molecule has 0 unspecified atom stereocenters. The number of fused-ring (bicyclic) bond motifs is 1. The van der Waals surface area contributed by atoms with Crippen molar-refractivity contribution in [1.29, 1.82) is 0 Å². The molecule has 0 atom stereocenters. The van der Waals surface area contributed by atoms with E-state index in [0.29, 0.717) is 36.6 Å². The number of nitrogens with zero attached hydrogens (tertiary/aromatic N) is 2. The number of nitrogens with one attached hydrogen (secondary N) is 2. The van der Waals surface area contributed by atoms with E-state index >= 15 is 8.78 Å². The van der Waals surface area contributed by atoms with Crippen LogP contribution >= 0.6 is 12.4 Å². The standard InChI is InChI=1S/C37H34F2N4O3.ClH/c38-37(39)19-23-43(33-14-7-6-13-31(33)32(37)25-34(44)42-22-8-20-40-21-24-42)36(46)27-15-17-28(18-16-27)41-35(45)30-12-5-4-11-29(30)26-9-2-1-3-10-26;/h1-7,9-18,25,40H,8,19-24H2,(H,41,45);1H/b32-25-;. The zero-order valence-electron chi connectivity index (χ0n) is 25.6. The summed E-state index contributed by atoms with van der Waals surface area (Å²) >= 11 is 0. The molecule has 2 heterocycles. The van der Waals surface area contributed by atoms with E-state index in [-0.39, 0.29) is 41.6 Å². The summed E-state index contributed by atoms with van der Waals surface area (Å²) < 4.78 is 31.4. The lowest BCUT2D eigenvalue weighted by Crippen LogP contribution is -2.34. The van der Waals surface area contributed by atoms with E-state index in [4.69, 9.17) is 0 Å². The fourth-order valence-corrected chi connectivity index (χ4v) is 5.92. The van der Waals surface area contributed by atoms with Gasteiger partial charge in [-0.1, -0.05) is 66.7 Å². The van der Waals surface area contributed by atoms with Crippen LogP contribution in [0.4, 0.5) is 20.2 Å². The Hall–Kier alpha value is -4.86. The summed E-state index contributed by atoms with van der Waals surface area (Å²) in [7, 11) is 0. The van der Waals surface area contributed by atoms with Crippen molar-refractivity contribution in [3.05, 3.63) is 126 Å². The molecular formula is C37H35ClF2N4O3. The second-order valence-electron chi connectivity index (χ2n) is 11.4. The minimum atomic E-state index is -3.32. The SMILES string of the molecule is Cl.O=C(Nc1ccc(C(=O)N2CCC(F)(F)/C(=C\C(=O)N3CCCNCC3)c3ccccc32)cc1)c1ccccc1-c1ccccc1. The van der Waals surface area contributed by atoms with E-state index in [1.54, 1.807) is 59.5 Å². The average molecular weight is 657 g/mol. The van der Waals surface area contributed by atoms with Crippen molar-refractivity contribution in [2.45, 2.75) is 18.8 Å². The van der Waals surface area contributed by atoms with Crippen LogP contribution in [-0.4, -0.2) is 61.3 Å². The molecule has 10 heteroatoms. The third-order valence-corrected chi connectivity index (χ3v) is 8.34. The first kappa shape index (κ1) is 33.5. The Bertz CT molecular complexity index is 1770. The van der Waals surface area contributed by atoms with Crippen molar-refractivity contribution in [2.24, 2.45) is 0 Å². The summed E-state index contributed by atoms with van der Waals surface area (Å²) in [4.78, 5) is 43.1. The van der Waals surface area contributed by atoms with Gasteiger partial charge in [0.2, 0.25) is 5.91 Å². The molecule has 0 aromatic heterocycles. The summed E-state index contributed by atoms with van der Waals surface area (Å²) in [6.45, 7) is 2.07. The largest absolute Gasteiger partial charge is 0.338 e. The molecule has 4 aromatic rings. The highest BCUT2D eigenvalue weighted by Gasteiger charge is 2.41. The monoisotopic (exact) mass is 656 g/mol. The van der Waals surface area contributed by atoms with Crippen molar-refractivity contribution in [3.8, 4) is 11.1 Å². The molecular weight excluding hydrogens is 622 g/mol. The lowest BCUT2D eigenvalue weighted by atomic mass is 9.96. The van der Waals surface area contributed by atoms with Gasteiger partial charge in [0.15, 0.2) is 0 Å². The molecule has 0 radical (unpaired) electrons. The maximum atomic E-state index is 15.7. The molecule has 2 N–H and O–H groups in total. The van der Waals surface area contributed by atoms with Gasteiger partial charge in [-0.25, -0.2) is 8.78 Å². The lowest BCUT2D eigenvalue weighted by molar-refractivity contribution is -0.125. The van der Waals surface area contributed by atoms with Gasteiger partial charge in [0, 0.05) is 66.6 Å². The molecule has 1 saturated heterocycles. The molecule has 47 heavy (non-hydrogen) atoms. The second-order valence-corrected chi connectivity index (χ2v) is 11.4. The molecule has 242 valence electrons. The summed E-state index contributed by atoms with van der Waals surface area (Å²) in [5.41, 5.74) is 3.07. The van der Waals surface area contributed by atoms with Crippen LogP contribution in [0.2, 0.25) is 0 Å². The first-order valence-corrected chi connectivity index (χ1v) is 15.4. The number of halogens is 3. The minimum Gasteiger partial charge on any atom is -0.338 e. The van der Waals surface area contributed by atoms with Gasteiger partial charge >= 0.3 is 0 Å². The van der Waals surface area contributed by atoms with Gasteiger partial charge in [0.05, 0.1) is 5.69 Å². The Balaban J connectivity index is 0.00000433. The second kappa shape index (κ2) is 14.7. The van der Waals surface area contributed by atoms with Gasteiger partial charge < -0.3 is 20.4 Å². The summed E-state index contributed by atoms with van der Waals surface area (Å²) in [6, 6.07) is 29.8. The summed E-state index contributed by atoms with van der Waals surface area (Å²) in [5.74, 6) is -4.54. The van der Waals surface area contributed by atoms with Gasteiger partial charge in [-0.15, -0.1) is 12.4 Å². The van der Waals surface area contributed by atoms with Crippen molar-refractivity contribution >= 4 is 47.1 Å². The maximum Gasteiger partial charge on any atom is 0.275 e. The van der Waals surface area contributed by atoms with Crippen molar-refractivity contribution in [3.63, 3.8) is 0 Å². The highest BCUT2D eigenvalue weighted by Crippen LogP contribution is 2.43. The Kier molecular flexibility index (Phi) is 10.5. The number of rotatable bonds is 5. The highest BCUT2D eigenvalue weighted by atomic mass is 35.5. The van der Waals surface area contributed by atoms with E-state index in [2.05, 4.69) is 10.6 Å². The van der Waals surface area contributed by atoms with Crippen molar-refractivity contribution in [2.75, 3.05) is 42.9 Å². The number of hydrogen-bond donors (Lipinski definition) is 2. The minimum absolute atomic E-state index is 0. The van der Waals surface area contributed by atoms with Crippen LogP contribution in [0, 0.1) is 0 Å². The molecule has 0 saturated carbocycles. The van der Waals surface area contributed by atoms with Crippen LogP contribution in [0.3, 0.4) is 0 Å².